The molecule has 0 saturated heterocycles. The Hall–Kier alpha value is -1.12. The van der Waals surface area contributed by atoms with Gasteiger partial charge in [-0.25, -0.2) is 0 Å². The lowest BCUT2D eigenvalue weighted by Crippen LogP contribution is -1.89. The number of rotatable bonds is 0. The average molecular weight is 490 g/mol. The highest BCUT2D eigenvalue weighted by Crippen LogP contribution is 2.39. The maximum Gasteiger partial charge on any atom is 0.0250 e. The van der Waals surface area contributed by atoms with Crippen molar-refractivity contribution >= 4 is 44.0 Å². The van der Waals surface area contributed by atoms with Crippen molar-refractivity contribution in [3.63, 3.8) is 0 Å². The summed E-state index contributed by atoms with van der Waals surface area (Å²) in [6.45, 7) is 13.1. The average Bonchev–Trinajstić information content (AvgIpc) is 3.09. The predicted molar refractivity (Wildman–Crippen MR) is 128 cm³/mol. The van der Waals surface area contributed by atoms with Gasteiger partial charge in [0.1, 0.15) is 0 Å². The zero-order valence-electron chi connectivity index (χ0n) is 17.2. The molecule has 4 rings (SSSR count). The highest BCUT2D eigenvalue weighted by Gasteiger charge is 2.19. The van der Waals surface area contributed by atoms with E-state index in [9.17, 15) is 0 Å². The van der Waals surface area contributed by atoms with E-state index in [0.29, 0.717) is 11.8 Å². The summed E-state index contributed by atoms with van der Waals surface area (Å²) in [4.78, 5) is 0. The largest absolute Gasteiger partial charge is 0.0656 e. The number of halogens is 2. The first kappa shape index (κ1) is 22.2. The molecule has 0 spiro atoms. The molecule has 0 bridgehead atoms. The van der Waals surface area contributed by atoms with Crippen LogP contribution in [0, 0.1) is 0 Å². The smallest absolute Gasteiger partial charge is 0.0250 e. The Bertz CT molecular complexity index is 787. The molecule has 0 heterocycles. The van der Waals surface area contributed by atoms with Crippen molar-refractivity contribution in [1.29, 1.82) is 0 Å². The van der Waals surface area contributed by atoms with Gasteiger partial charge in [-0.2, -0.15) is 0 Å². The van der Waals surface area contributed by atoms with E-state index in [-0.39, 0.29) is 0 Å². The molecule has 2 aliphatic carbocycles. The fourth-order valence-corrected chi connectivity index (χ4v) is 4.36. The molecule has 0 amide bonds. The van der Waals surface area contributed by atoms with Crippen LogP contribution in [0.2, 0.25) is 0 Å². The summed E-state index contributed by atoms with van der Waals surface area (Å²) in [5.74, 6) is 1.19. The van der Waals surface area contributed by atoms with Gasteiger partial charge in [-0.15, -0.1) is 0 Å². The van der Waals surface area contributed by atoms with Gasteiger partial charge in [-0.3, -0.25) is 0 Å². The zero-order chi connectivity index (χ0) is 20.1. The lowest BCUT2D eigenvalue weighted by atomic mass is 9.99. The van der Waals surface area contributed by atoms with Crippen molar-refractivity contribution in [3.8, 4) is 0 Å². The number of allylic oxidation sites excluding steroid dienone is 2. The first-order valence-corrected chi connectivity index (χ1v) is 11.3. The topological polar surface area (TPSA) is 0 Å². The molecule has 2 heteroatoms. The summed E-state index contributed by atoms with van der Waals surface area (Å²) in [6, 6.07) is 12.8. The second-order valence-electron chi connectivity index (χ2n) is 7.41. The van der Waals surface area contributed by atoms with Gasteiger partial charge < -0.3 is 0 Å². The second-order valence-corrected chi connectivity index (χ2v) is 9.12. The van der Waals surface area contributed by atoms with Crippen molar-refractivity contribution in [2.75, 3.05) is 0 Å². The fraction of sp³-hybridized carbons (Fsp3) is 0.360. The quantitative estimate of drug-likeness (QED) is 0.345. The van der Waals surface area contributed by atoms with E-state index >= 15 is 0 Å². The van der Waals surface area contributed by atoms with Gasteiger partial charge >= 0.3 is 0 Å². The highest BCUT2D eigenvalue weighted by molar-refractivity contribution is 9.10. The van der Waals surface area contributed by atoms with E-state index < -0.39 is 0 Å². The Morgan fingerprint density at radius 3 is 1.33 bits per heavy atom. The Morgan fingerprint density at radius 1 is 0.704 bits per heavy atom. The number of hydrogen-bond acceptors (Lipinski definition) is 0. The summed E-state index contributed by atoms with van der Waals surface area (Å²) in [6.07, 6.45) is 5.79. The lowest BCUT2D eigenvalue weighted by Gasteiger charge is -2.07. The molecule has 0 aliphatic heterocycles. The van der Waals surface area contributed by atoms with Crippen molar-refractivity contribution in [2.45, 2.75) is 59.8 Å². The molecule has 2 unspecified atom stereocenters. The summed E-state index contributed by atoms with van der Waals surface area (Å²) < 4.78 is 2.42. The van der Waals surface area contributed by atoms with Crippen molar-refractivity contribution in [2.24, 2.45) is 0 Å². The molecule has 2 aromatic carbocycles. The number of fused-ring (bicyclic) bond motifs is 2. The Labute approximate surface area is 182 Å². The monoisotopic (exact) mass is 488 g/mol. The van der Waals surface area contributed by atoms with Crippen molar-refractivity contribution in [3.05, 3.63) is 78.7 Å². The third-order valence-corrected chi connectivity index (χ3v) is 6.60. The van der Waals surface area contributed by atoms with Crippen LogP contribution in [0.25, 0.3) is 12.2 Å². The lowest BCUT2D eigenvalue weighted by molar-refractivity contribution is 0.921. The van der Waals surface area contributed by atoms with Gasteiger partial charge in [0.05, 0.1) is 0 Å². The number of hydrogen-bond donors (Lipinski definition) is 0. The summed E-state index contributed by atoms with van der Waals surface area (Å²) >= 11 is 7.12. The maximum atomic E-state index is 3.56. The Balaban J connectivity index is 0.000000170. The van der Waals surface area contributed by atoms with E-state index in [1.807, 2.05) is 0 Å². The van der Waals surface area contributed by atoms with Gasteiger partial charge in [-0.1, -0.05) is 114 Å². The van der Waals surface area contributed by atoms with Crippen LogP contribution < -0.4 is 0 Å². The molecule has 0 radical (unpaired) electrons. The summed E-state index contributed by atoms with van der Waals surface area (Å²) in [7, 11) is 0. The second kappa shape index (κ2) is 9.89. The van der Waals surface area contributed by atoms with Gasteiger partial charge in [0.25, 0.3) is 0 Å². The summed E-state index contributed by atoms with van der Waals surface area (Å²) in [5, 5.41) is 0. The predicted octanol–water partition coefficient (Wildman–Crippen LogP) is 9.36. The van der Waals surface area contributed by atoms with Crippen LogP contribution in [0.4, 0.5) is 0 Å². The molecule has 0 N–H and O–H groups in total. The van der Waals surface area contributed by atoms with E-state index in [0.717, 1.165) is 0 Å². The third-order valence-electron chi connectivity index (χ3n) is 5.22. The molecule has 0 fully saturated rings. The van der Waals surface area contributed by atoms with Crippen molar-refractivity contribution in [1.82, 2.24) is 0 Å². The molecular formula is C25H30Br2. The molecule has 27 heavy (non-hydrogen) atoms. The summed E-state index contributed by atoms with van der Waals surface area (Å²) in [5.41, 5.74) is 8.53. The standard InChI is InChI=1S/2C11H11Br.C3H8/c2*1-7-6-10-9(8(7)2)4-3-5-11(10)12;1-3-2/h2*3-6,8H,1-2H3;3H2,1-2H3. The van der Waals surface area contributed by atoms with E-state index in [4.69, 9.17) is 0 Å². The van der Waals surface area contributed by atoms with Gasteiger partial charge in [-0.05, 0) is 48.2 Å². The minimum atomic E-state index is 0.595. The van der Waals surface area contributed by atoms with Crippen LogP contribution in [0.3, 0.4) is 0 Å². The maximum absolute atomic E-state index is 3.56. The molecule has 2 aliphatic rings. The molecule has 2 atom stereocenters. The Morgan fingerprint density at radius 2 is 1.04 bits per heavy atom. The normalized spacial score (nSPS) is 19.0. The molecule has 144 valence electrons. The zero-order valence-corrected chi connectivity index (χ0v) is 20.4. The SMILES string of the molecule is CC1=Cc2c(Br)cccc2C1C.CC1=Cc2c(Br)cccc2C1C.CCC. The molecule has 0 nitrogen and oxygen atoms in total. The van der Waals surface area contributed by atoms with Crippen LogP contribution in [-0.4, -0.2) is 0 Å². The fourth-order valence-electron chi connectivity index (χ4n) is 3.36. The van der Waals surface area contributed by atoms with Crippen molar-refractivity contribution < 1.29 is 0 Å². The van der Waals surface area contributed by atoms with E-state index in [1.54, 1.807) is 0 Å². The third kappa shape index (κ3) is 5.03. The Kier molecular flexibility index (Phi) is 8.12. The van der Waals surface area contributed by atoms with Gasteiger partial charge in [0, 0.05) is 20.8 Å². The van der Waals surface area contributed by atoms with Crippen LogP contribution in [0.15, 0.2) is 56.5 Å². The van der Waals surface area contributed by atoms with Gasteiger partial charge in [0.2, 0.25) is 0 Å². The first-order valence-electron chi connectivity index (χ1n) is 9.74. The van der Waals surface area contributed by atoms with Crippen LogP contribution >= 0.6 is 31.9 Å². The van der Waals surface area contributed by atoms with E-state index in [2.05, 4.69) is 122 Å². The number of benzene rings is 2. The highest BCUT2D eigenvalue weighted by atomic mass is 79.9. The van der Waals surface area contributed by atoms with Crippen LogP contribution in [0.5, 0.6) is 0 Å². The van der Waals surface area contributed by atoms with Gasteiger partial charge in [0.15, 0.2) is 0 Å². The minimum Gasteiger partial charge on any atom is -0.0656 e. The van der Waals surface area contributed by atoms with E-state index in [1.165, 1.54) is 48.8 Å². The molecule has 2 aromatic rings. The minimum absolute atomic E-state index is 0.595. The molecule has 0 saturated carbocycles. The molecular weight excluding hydrogens is 460 g/mol. The molecule has 0 aromatic heterocycles. The van der Waals surface area contributed by atoms with Crippen LogP contribution in [0.1, 0.15) is 82.1 Å². The van der Waals surface area contributed by atoms with Crippen LogP contribution in [-0.2, 0) is 0 Å². The first-order chi connectivity index (χ1) is 12.8.